The van der Waals surface area contributed by atoms with Gasteiger partial charge < -0.3 is 9.88 Å². The van der Waals surface area contributed by atoms with Gasteiger partial charge in [-0.3, -0.25) is 4.79 Å². The van der Waals surface area contributed by atoms with Crippen LogP contribution in [0.25, 0.3) is 11.8 Å². The number of hydrogen-bond donors (Lipinski definition) is 1. The Morgan fingerprint density at radius 3 is 2.57 bits per heavy atom. The Morgan fingerprint density at radius 2 is 2.00 bits per heavy atom. The lowest BCUT2D eigenvalue weighted by Gasteiger charge is -2.12. The molecule has 0 unspecified atom stereocenters. The van der Waals surface area contributed by atoms with Crippen LogP contribution >= 0.6 is 23.2 Å². The van der Waals surface area contributed by atoms with Crippen LogP contribution in [0.15, 0.2) is 29.8 Å². The fourth-order valence-corrected chi connectivity index (χ4v) is 2.90. The van der Waals surface area contributed by atoms with Crippen LogP contribution in [-0.4, -0.2) is 17.5 Å². The number of carbonyl (C=O) groups is 1. The number of nitrogens with zero attached hydrogens (tertiary/aromatic N) is 2. The molecule has 2 aromatic rings. The lowest BCUT2D eigenvalue weighted by Crippen LogP contribution is -2.19. The molecule has 0 atom stereocenters. The van der Waals surface area contributed by atoms with Crippen molar-refractivity contribution in [3.8, 4) is 11.8 Å². The first-order chi connectivity index (χ1) is 10.9. The van der Waals surface area contributed by atoms with E-state index in [1.54, 1.807) is 18.2 Å². The van der Waals surface area contributed by atoms with Crippen LogP contribution in [-0.2, 0) is 4.79 Å². The summed E-state index contributed by atoms with van der Waals surface area (Å²) in [6.07, 6.45) is 1.57. The minimum Gasteiger partial charge on any atom is -0.354 e. The van der Waals surface area contributed by atoms with E-state index < -0.39 is 5.91 Å². The molecule has 1 N–H and O–H groups in total. The number of nitrogens with one attached hydrogen (secondary N) is 1. The van der Waals surface area contributed by atoms with Gasteiger partial charge in [-0.05, 0) is 49.8 Å². The summed E-state index contributed by atoms with van der Waals surface area (Å²) in [7, 11) is 1.49. The van der Waals surface area contributed by atoms with E-state index in [4.69, 9.17) is 28.5 Å². The van der Waals surface area contributed by atoms with Crippen LogP contribution in [0.3, 0.4) is 0 Å². The number of carbonyl (C=O) groups excluding carboxylic acids is 1. The topological polar surface area (TPSA) is 57.8 Å². The van der Waals surface area contributed by atoms with Gasteiger partial charge in [0.2, 0.25) is 0 Å². The fraction of sp³-hybridized carbons (Fsp3) is 0.176. The van der Waals surface area contributed by atoms with Crippen molar-refractivity contribution >= 4 is 35.2 Å². The molecule has 0 fully saturated rings. The number of likely N-dealkylation sites (N-methyl/N-ethyl adjacent to an activating group) is 1. The van der Waals surface area contributed by atoms with Crippen LogP contribution in [0.5, 0.6) is 0 Å². The first-order valence-electron chi connectivity index (χ1n) is 6.87. The first-order valence-corrected chi connectivity index (χ1v) is 7.63. The summed E-state index contributed by atoms with van der Waals surface area (Å²) >= 11 is 12.2. The lowest BCUT2D eigenvalue weighted by atomic mass is 10.1. The molecular formula is C17H15Cl2N3O. The van der Waals surface area contributed by atoms with Gasteiger partial charge >= 0.3 is 0 Å². The van der Waals surface area contributed by atoms with Crippen molar-refractivity contribution in [1.29, 1.82) is 5.26 Å². The summed E-state index contributed by atoms with van der Waals surface area (Å²) in [5.41, 5.74) is 3.45. The molecule has 0 radical (unpaired) electrons. The van der Waals surface area contributed by atoms with Gasteiger partial charge in [0.05, 0.1) is 10.7 Å². The highest BCUT2D eigenvalue weighted by Gasteiger charge is 2.14. The predicted molar refractivity (Wildman–Crippen MR) is 92.9 cm³/mol. The third-order valence-electron chi connectivity index (χ3n) is 3.51. The summed E-state index contributed by atoms with van der Waals surface area (Å²) in [5, 5.41) is 12.7. The van der Waals surface area contributed by atoms with Crippen LogP contribution in [0.2, 0.25) is 10.0 Å². The van der Waals surface area contributed by atoms with E-state index in [0.717, 1.165) is 22.6 Å². The number of benzene rings is 1. The van der Waals surface area contributed by atoms with Crippen molar-refractivity contribution in [1.82, 2.24) is 9.88 Å². The van der Waals surface area contributed by atoms with Crippen molar-refractivity contribution < 1.29 is 4.79 Å². The van der Waals surface area contributed by atoms with E-state index in [2.05, 4.69) is 5.32 Å². The Labute approximate surface area is 144 Å². The molecule has 0 aliphatic heterocycles. The molecule has 1 amide bonds. The maximum absolute atomic E-state index is 11.7. The zero-order chi connectivity index (χ0) is 17.1. The summed E-state index contributed by atoms with van der Waals surface area (Å²) in [6.45, 7) is 3.84. The SMILES string of the molecule is CNC(=O)/C(C#N)=C/c1cc(C)n(-c2ccc(Cl)cc2Cl)c1C. The molecule has 2 rings (SSSR count). The summed E-state index contributed by atoms with van der Waals surface area (Å²) in [4.78, 5) is 11.7. The van der Waals surface area contributed by atoms with E-state index in [-0.39, 0.29) is 5.57 Å². The van der Waals surface area contributed by atoms with E-state index in [1.165, 1.54) is 7.05 Å². The molecule has 1 aromatic heterocycles. The smallest absolute Gasteiger partial charge is 0.261 e. The van der Waals surface area contributed by atoms with Crippen LogP contribution in [0, 0.1) is 25.2 Å². The molecule has 0 aliphatic carbocycles. The monoisotopic (exact) mass is 347 g/mol. The van der Waals surface area contributed by atoms with Crippen LogP contribution < -0.4 is 5.32 Å². The number of hydrogen-bond acceptors (Lipinski definition) is 2. The average molecular weight is 348 g/mol. The van der Waals surface area contributed by atoms with Crippen molar-refractivity contribution in [2.75, 3.05) is 7.05 Å². The molecule has 0 aliphatic rings. The summed E-state index contributed by atoms with van der Waals surface area (Å²) < 4.78 is 1.96. The summed E-state index contributed by atoms with van der Waals surface area (Å²) in [5.74, 6) is -0.415. The van der Waals surface area contributed by atoms with E-state index in [9.17, 15) is 4.79 Å². The number of aromatic nitrogens is 1. The zero-order valence-corrected chi connectivity index (χ0v) is 14.5. The molecule has 1 heterocycles. The molecule has 0 saturated heterocycles. The molecule has 0 saturated carbocycles. The van der Waals surface area contributed by atoms with Gasteiger partial charge in [0.15, 0.2) is 0 Å². The van der Waals surface area contributed by atoms with Gasteiger partial charge in [0, 0.05) is 23.5 Å². The predicted octanol–water partition coefficient (Wildman–Crippen LogP) is 4.05. The lowest BCUT2D eigenvalue weighted by molar-refractivity contribution is -0.116. The Kier molecular flexibility index (Phi) is 5.15. The Balaban J connectivity index is 2.59. The molecule has 1 aromatic carbocycles. The van der Waals surface area contributed by atoms with Crippen LogP contribution in [0.1, 0.15) is 17.0 Å². The maximum atomic E-state index is 11.7. The third-order valence-corrected chi connectivity index (χ3v) is 4.05. The second-order valence-electron chi connectivity index (χ2n) is 5.01. The highest BCUT2D eigenvalue weighted by Crippen LogP contribution is 2.29. The first kappa shape index (κ1) is 17.1. The number of amides is 1. The van der Waals surface area contributed by atoms with Crippen molar-refractivity contribution in [3.05, 3.63) is 56.8 Å². The van der Waals surface area contributed by atoms with E-state index >= 15 is 0 Å². The van der Waals surface area contributed by atoms with Gasteiger partial charge in [-0.2, -0.15) is 5.26 Å². The Morgan fingerprint density at radius 1 is 1.30 bits per heavy atom. The average Bonchev–Trinajstić information content (AvgIpc) is 2.79. The number of nitriles is 1. The van der Waals surface area contributed by atoms with Crippen molar-refractivity contribution in [3.63, 3.8) is 0 Å². The molecule has 4 nitrogen and oxygen atoms in total. The van der Waals surface area contributed by atoms with Gasteiger partial charge in [0.25, 0.3) is 5.91 Å². The quantitative estimate of drug-likeness (QED) is 0.672. The minimum atomic E-state index is -0.415. The number of rotatable bonds is 3. The molecule has 118 valence electrons. The Bertz CT molecular complexity index is 844. The maximum Gasteiger partial charge on any atom is 0.261 e. The third kappa shape index (κ3) is 3.42. The minimum absolute atomic E-state index is 0.0509. The zero-order valence-electron chi connectivity index (χ0n) is 12.9. The van der Waals surface area contributed by atoms with Gasteiger partial charge in [0.1, 0.15) is 11.6 Å². The highest BCUT2D eigenvalue weighted by atomic mass is 35.5. The Hall–Kier alpha value is -2.22. The van der Waals surface area contributed by atoms with E-state index in [0.29, 0.717) is 10.0 Å². The van der Waals surface area contributed by atoms with Crippen LogP contribution in [0.4, 0.5) is 0 Å². The highest BCUT2D eigenvalue weighted by molar-refractivity contribution is 6.35. The van der Waals surface area contributed by atoms with Crippen molar-refractivity contribution in [2.45, 2.75) is 13.8 Å². The number of halogens is 2. The summed E-state index contributed by atoms with van der Waals surface area (Å²) in [6, 6.07) is 9.10. The van der Waals surface area contributed by atoms with Gasteiger partial charge in [-0.1, -0.05) is 23.2 Å². The molecular weight excluding hydrogens is 333 g/mol. The second kappa shape index (κ2) is 6.91. The van der Waals surface area contributed by atoms with Crippen molar-refractivity contribution in [2.24, 2.45) is 0 Å². The standard InChI is InChI=1S/C17H15Cl2N3O/c1-10-6-12(7-13(9-20)17(23)21-3)11(2)22(10)16-5-4-14(18)8-15(16)19/h4-8H,1-3H3,(H,21,23)/b13-7+. The second-order valence-corrected chi connectivity index (χ2v) is 5.85. The fourth-order valence-electron chi connectivity index (χ4n) is 2.41. The largest absolute Gasteiger partial charge is 0.354 e. The van der Waals surface area contributed by atoms with E-state index in [1.807, 2.05) is 36.6 Å². The number of aryl methyl sites for hydroxylation is 1. The molecule has 0 bridgehead atoms. The molecule has 6 heteroatoms. The molecule has 0 spiro atoms. The van der Waals surface area contributed by atoms with Gasteiger partial charge in [-0.15, -0.1) is 0 Å². The van der Waals surface area contributed by atoms with Gasteiger partial charge in [-0.25, -0.2) is 0 Å². The molecule has 23 heavy (non-hydrogen) atoms. The normalized spacial score (nSPS) is 11.2.